The normalized spacial score (nSPS) is 11.8. The van der Waals surface area contributed by atoms with Crippen molar-refractivity contribution in [2.45, 2.75) is 13.0 Å². The van der Waals surface area contributed by atoms with E-state index in [0.717, 1.165) is 0 Å². The number of phenolic OH excluding ortho intramolecular Hbond substituents is 1. The van der Waals surface area contributed by atoms with E-state index in [1.807, 2.05) is 0 Å². The summed E-state index contributed by atoms with van der Waals surface area (Å²) in [6.45, 7) is 2.20. The number of benzene rings is 1. The Balaban J connectivity index is 3.01. The molecule has 0 aliphatic carbocycles. The fraction of sp³-hybridized carbons (Fsp3) is 0.300. The van der Waals surface area contributed by atoms with Crippen LogP contribution >= 0.6 is 0 Å². The Labute approximate surface area is 82.0 Å². The number of aliphatic hydroxyl groups is 1. The molecule has 1 unspecified atom stereocenters. The quantitative estimate of drug-likeness (QED) is 0.710. The first-order valence-electron chi connectivity index (χ1n) is 4.22. The minimum absolute atomic E-state index is 0.000685. The number of rotatable bonds is 3. The number of phenols is 1. The molecule has 0 aliphatic heterocycles. The Bertz CT molecular complexity index is 357. The molecule has 0 spiro atoms. The van der Waals surface area contributed by atoms with Gasteiger partial charge in [-0.1, -0.05) is 6.07 Å². The predicted molar refractivity (Wildman–Crippen MR) is 49.8 cm³/mol. The van der Waals surface area contributed by atoms with Gasteiger partial charge in [-0.05, 0) is 24.6 Å². The highest BCUT2D eigenvalue weighted by Crippen LogP contribution is 2.28. The largest absolute Gasteiger partial charge is 0.504 e. The van der Waals surface area contributed by atoms with E-state index in [1.54, 1.807) is 13.0 Å². The molecule has 0 saturated heterocycles. The summed E-state index contributed by atoms with van der Waals surface area (Å²) in [5, 5.41) is 27.0. The van der Waals surface area contributed by atoms with Gasteiger partial charge in [0.2, 0.25) is 0 Å². The molecule has 0 fully saturated rings. The lowest BCUT2D eigenvalue weighted by molar-refractivity contribution is 0.234. The summed E-state index contributed by atoms with van der Waals surface area (Å²) in [5.41, 5.74) is 0.411. The van der Waals surface area contributed by atoms with Crippen LogP contribution in [0.1, 0.15) is 18.6 Å². The van der Waals surface area contributed by atoms with Crippen LogP contribution in [-0.4, -0.2) is 16.8 Å². The Morgan fingerprint density at radius 1 is 1.57 bits per heavy atom. The fourth-order valence-electron chi connectivity index (χ4n) is 1.05. The predicted octanol–water partition coefficient (Wildman–Crippen LogP) is 1.35. The molecule has 0 aliphatic rings. The summed E-state index contributed by atoms with van der Waals surface area (Å²) in [4.78, 5) is 0. The van der Waals surface area contributed by atoms with Crippen LogP contribution in [0, 0.1) is 11.3 Å². The minimum atomic E-state index is -1.19. The molecule has 74 valence electrons. The molecule has 0 saturated carbocycles. The van der Waals surface area contributed by atoms with Crippen LogP contribution in [0.15, 0.2) is 18.2 Å². The van der Waals surface area contributed by atoms with E-state index in [0.29, 0.717) is 12.2 Å². The summed E-state index contributed by atoms with van der Waals surface area (Å²) in [6, 6.07) is 6.01. The van der Waals surface area contributed by atoms with Crippen molar-refractivity contribution in [3.63, 3.8) is 0 Å². The van der Waals surface area contributed by atoms with Gasteiger partial charge in [0.05, 0.1) is 12.7 Å². The Morgan fingerprint density at radius 3 is 2.86 bits per heavy atom. The van der Waals surface area contributed by atoms with Crippen molar-refractivity contribution in [1.82, 2.24) is 0 Å². The summed E-state index contributed by atoms with van der Waals surface area (Å²) < 4.78 is 5.10. The van der Waals surface area contributed by atoms with E-state index < -0.39 is 6.10 Å². The van der Waals surface area contributed by atoms with E-state index in [1.165, 1.54) is 18.2 Å². The third kappa shape index (κ3) is 2.15. The first-order chi connectivity index (χ1) is 6.69. The van der Waals surface area contributed by atoms with Crippen molar-refractivity contribution in [3.05, 3.63) is 23.8 Å². The summed E-state index contributed by atoms with van der Waals surface area (Å²) >= 11 is 0. The van der Waals surface area contributed by atoms with E-state index >= 15 is 0 Å². The van der Waals surface area contributed by atoms with Gasteiger partial charge in [-0.25, -0.2) is 0 Å². The van der Waals surface area contributed by atoms with Gasteiger partial charge >= 0.3 is 0 Å². The van der Waals surface area contributed by atoms with Crippen LogP contribution in [0.4, 0.5) is 0 Å². The number of nitrogens with zero attached hydrogens (tertiary/aromatic N) is 1. The van der Waals surface area contributed by atoms with Gasteiger partial charge in [0.1, 0.15) is 0 Å². The lowest BCUT2D eigenvalue weighted by Gasteiger charge is -2.08. The molecule has 0 bridgehead atoms. The average molecular weight is 193 g/mol. The third-order valence-corrected chi connectivity index (χ3v) is 1.72. The van der Waals surface area contributed by atoms with Crippen LogP contribution in [0.3, 0.4) is 0 Å². The molecule has 1 aromatic rings. The molecular formula is C10H11NO3. The van der Waals surface area contributed by atoms with Crippen molar-refractivity contribution in [2.75, 3.05) is 6.61 Å². The second-order valence-corrected chi connectivity index (χ2v) is 2.69. The number of aliphatic hydroxyl groups excluding tert-OH is 1. The molecule has 0 heterocycles. The van der Waals surface area contributed by atoms with Crippen molar-refractivity contribution >= 4 is 0 Å². The fourth-order valence-corrected chi connectivity index (χ4v) is 1.05. The number of ether oxygens (including phenoxy) is 1. The third-order valence-electron chi connectivity index (χ3n) is 1.72. The highest BCUT2D eigenvalue weighted by Gasteiger charge is 2.09. The Kier molecular flexibility index (Phi) is 3.32. The molecule has 1 atom stereocenters. The first-order valence-corrected chi connectivity index (χ1v) is 4.22. The monoisotopic (exact) mass is 193 g/mol. The topological polar surface area (TPSA) is 73.5 Å². The molecule has 0 amide bonds. The van der Waals surface area contributed by atoms with Crippen LogP contribution in [-0.2, 0) is 0 Å². The highest BCUT2D eigenvalue weighted by molar-refractivity contribution is 5.43. The van der Waals surface area contributed by atoms with E-state index in [-0.39, 0.29) is 11.5 Å². The van der Waals surface area contributed by atoms with Gasteiger partial charge in [0, 0.05) is 0 Å². The zero-order chi connectivity index (χ0) is 10.6. The average Bonchev–Trinajstić information content (AvgIpc) is 2.20. The van der Waals surface area contributed by atoms with Crippen LogP contribution in [0.25, 0.3) is 0 Å². The summed E-state index contributed by atoms with van der Waals surface area (Å²) in [7, 11) is 0. The first kappa shape index (κ1) is 10.4. The van der Waals surface area contributed by atoms with Crippen molar-refractivity contribution in [1.29, 1.82) is 5.26 Å². The van der Waals surface area contributed by atoms with Gasteiger partial charge in [-0.15, -0.1) is 0 Å². The van der Waals surface area contributed by atoms with E-state index in [2.05, 4.69) is 0 Å². The molecule has 4 heteroatoms. The molecule has 1 aromatic carbocycles. The summed E-state index contributed by atoms with van der Waals surface area (Å²) in [5.74, 6) is 0.278. The molecule has 0 aromatic heterocycles. The SMILES string of the molecule is CCOc1cc(C(O)C#N)ccc1O. The lowest BCUT2D eigenvalue weighted by Crippen LogP contribution is -1.96. The van der Waals surface area contributed by atoms with E-state index in [4.69, 9.17) is 10.00 Å². The van der Waals surface area contributed by atoms with Crippen LogP contribution < -0.4 is 4.74 Å². The highest BCUT2D eigenvalue weighted by atomic mass is 16.5. The van der Waals surface area contributed by atoms with Gasteiger partial charge in [-0.3, -0.25) is 0 Å². The molecule has 0 radical (unpaired) electrons. The van der Waals surface area contributed by atoms with Gasteiger partial charge in [-0.2, -0.15) is 5.26 Å². The van der Waals surface area contributed by atoms with Crippen molar-refractivity contribution < 1.29 is 14.9 Å². The molecular weight excluding hydrogens is 182 g/mol. The zero-order valence-electron chi connectivity index (χ0n) is 7.77. The minimum Gasteiger partial charge on any atom is -0.504 e. The number of aromatic hydroxyl groups is 1. The van der Waals surface area contributed by atoms with Gasteiger partial charge < -0.3 is 14.9 Å². The number of nitriles is 1. The molecule has 2 N–H and O–H groups in total. The van der Waals surface area contributed by atoms with Crippen LogP contribution in [0.2, 0.25) is 0 Å². The molecule has 4 nitrogen and oxygen atoms in total. The maximum absolute atomic E-state index is 9.33. The zero-order valence-corrected chi connectivity index (χ0v) is 7.77. The Morgan fingerprint density at radius 2 is 2.29 bits per heavy atom. The summed E-state index contributed by atoms with van der Waals surface area (Å²) in [6.07, 6.45) is -1.19. The number of hydrogen-bond donors (Lipinski definition) is 2. The number of hydrogen-bond acceptors (Lipinski definition) is 4. The maximum Gasteiger partial charge on any atom is 0.166 e. The standard InChI is InChI=1S/C10H11NO3/c1-2-14-10-5-7(9(13)6-11)3-4-8(10)12/h3-5,9,12-13H,2H2,1H3. The van der Waals surface area contributed by atoms with E-state index in [9.17, 15) is 10.2 Å². The van der Waals surface area contributed by atoms with Gasteiger partial charge in [0.15, 0.2) is 17.6 Å². The second kappa shape index (κ2) is 4.49. The van der Waals surface area contributed by atoms with Crippen molar-refractivity contribution in [3.8, 4) is 17.6 Å². The second-order valence-electron chi connectivity index (χ2n) is 2.69. The lowest BCUT2D eigenvalue weighted by atomic mass is 10.1. The van der Waals surface area contributed by atoms with Gasteiger partial charge in [0.25, 0.3) is 0 Å². The Hall–Kier alpha value is -1.73. The molecule has 1 rings (SSSR count). The van der Waals surface area contributed by atoms with Crippen molar-refractivity contribution in [2.24, 2.45) is 0 Å². The molecule has 14 heavy (non-hydrogen) atoms. The maximum atomic E-state index is 9.33. The van der Waals surface area contributed by atoms with Crippen LogP contribution in [0.5, 0.6) is 11.5 Å². The smallest absolute Gasteiger partial charge is 0.166 e.